The molecule has 0 aliphatic rings. The highest BCUT2D eigenvalue weighted by Crippen LogP contribution is 1.81. The van der Waals surface area contributed by atoms with Crippen LogP contribution in [0, 0.1) is 0 Å². The number of carbonyl (C=O) groups excluding carboxylic acids is 1. The number of hydrogen-bond acceptors (Lipinski definition) is 1. The van der Waals surface area contributed by atoms with Gasteiger partial charge in [-0.25, -0.2) is 0 Å². The fourth-order valence-corrected chi connectivity index (χ4v) is 0.222. The van der Waals surface area contributed by atoms with Gasteiger partial charge in [0.25, 0.3) is 0 Å². The molecular formula is C4H9N2O-. The van der Waals surface area contributed by atoms with Gasteiger partial charge in [-0.15, -0.1) is 6.54 Å². The molecule has 42 valence electrons. The van der Waals surface area contributed by atoms with E-state index in [1.807, 2.05) is 0 Å². The summed E-state index contributed by atoms with van der Waals surface area (Å²) in [5, 5.41) is 3.68. The zero-order valence-electron chi connectivity index (χ0n) is 4.35. The third-order valence-electron chi connectivity index (χ3n) is 0.582. The Labute approximate surface area is 42.9 Å². The average Bonchev–Trinajstić information content (AvgIpc) is 1.61. The molecule has 0 heterocycles. The summed E-state index contributed by atoms with van der Waals surface area (Å²) in [6.45, 7) is 0.551. The first-order valence-electron chi connectivity index (χ1n) is 2.11. The smallest absolute Gasteiger partial charge is 0.215 e. The molecule has 0 rings (SSSR count). The van der Waals surface area contributed by atoms with Crippen molar-refractivity contribution in [1.82, 2.24) is 0 Å². The number of nitrogens with two attached hydrogens (primary N) is 1. The molecule has 1 amide bonds. The lowest BCUT2D eigenvalue weighted by molar-refractivity contribution is -0.117. The molecule has 3 heteroatoms. The van der Waals surface area contributed by atoms with Crippen LogP contribution in [-0.4, -0.2) is 19.5 Å². The van der Waals surface area contributed by atoms with Gasteiger partial charge in [0.05, 0.1) is 0 Å². The maximum Gasteiger partial charge on any atom is 0.215 e. The van der Waals surface area contributed by atoms with E-state index in [4.69, 9.17) is 5.73 Å². The Bertz CT molecular complexity index is 62.7. The van der Waals surface area contributed by atoms with Gasteiger partial charge in [-0.3, -0.25) is 4.79 Å². The van der Waals surface area contributed by atoms with E-state index in [-0.39, 0.29) is 5.91 Å². The minimum absolute atomic E-state index is 0.286. The van der Waals surface area contributed by atoms with E-state index in [1.165, 1.54) is 0 Å². The topological polar surface area (TPSA) is 57.2 Å². The fraction of sp³-hybridized carbons (Fsp3) is 0.750. The SMILES string of the molecule is C[N-]CCC(N)=O. The lowest BCUT2D eigenvalue weighted by Crippen LogP contribution is -2.11. The van der Waals surface area contributed by atoms with Gasteiger partial charge in [-0.05, 0) is 0 Å². The average molecular weight is 101 g/mol. The molecule has 0 saturated heterocycles. The van der Waals surface area contributed by atoms with E-state index in [0.717, 1.165) is 0 Å². The first kappa shape index (κ1) is 6.43. The van der Waals surface area contributed by atoms with Gasteiger partial charge in [0, 0.05) is 6.42 Å². The van der Waals surface area contributed by atoms with Crippen LogP contribution >= 0.6 is 0 Å². The quantitative estimate of drug-likeness (QED) is 0.528. The molecule has 0 atom stereocenters. The van der Waals surface area contributed by atoms with Crippen LogP contribution in [0.5, 0.6) is 0 Å². The van der Waals surface area contributed by atoms with Crippen LogP contribution in [0.25, 0.3) is 5.32 Å². The van der Waals surface area contributed by atoms with Gasteiger partial charge in [-0.1, -0.05) is 0 Å². The molecule has 7 heavy (non-hydrogen) atoms. The van der Waals surface area contributed by atoms with Crippen molar-refractivity contribution in [3.63, 3.8) is 0 Å². The first-order valence-corrected chi connectivity index (χ1v) is 2.11. The normalized spacial score (nSPS) is 8.71. The van der Waals surface area contributed by atoms with E-state index in [2.05, 4.69) is 5.32 Å². The highest BCUT2D eigenvalue weighted by atomic mass is 16.1. The van der Waals surface area contributed by atoms with Crippen LogP contribution in [0.2, 0.25) is 0 Å². The van der Waals surface area contributed by atoms with E-state index >= 15 is 0 Å². The third kappa shape index (κ3) is 5.43. The van der Waals surface area contributed by atoms with Gasteiger partial charge >= 0.3 is 0 Å². The molecule has 3 nitrogen and oxygen atoms in total. The predicted molar refractivity (Wildman–Crippen MR) is 28.0 cm³/mol. The Morgan fingerprint density at radius 3 is 2.57 bits per heavy atom. The molecule has 0 fully saturated rings. The van der Waals surface area contributed by atoms with E-state index < -0.39 is 0 Å². The van der Waals surface area contributed by atoms with Crippen molar-refractivity contribution < 1.29 is 4.79 Å². The monoisotopic (exact) mass is 101 g/mol. The van der Waals surface area contributed by atoms with Gasteiger partial charge in [0.1, 0.15) is 0 Å². The molecular weight excluding hydrogens is 92.1 g/mol. The molecule has 0 bridgehead atoms. The lowest BCUT2D eigenvalue weighted by atomic mass is 10.4. The Morgan fingerprint density at radius 2 is 2.43 bits per heavy atom. The molecule has 0 aromatic heterocycles. The molecule has 0 aromatic carbocycles. The molecule has 0 saturated carbocycles. The first-order chi connectivity index (χ1) is 3.27. The van der Waals surface area contributed by atoms with Crippen LogP contribution in [0.15, 0.2) is 0 Å². The summed E-state index contributed by atoms with van der Waals surface area (Å²) in [4.78, 5) is 9.92. The van der Waals surface area contributed by atoms with Gasteiger partial charge in [-0.2, -0.15) is 7.05 Å². The van der Waals surface area contributed by atoms with Crippen LogP contribution in [0.3, 0.4) is 0 Å². The Hall–Kier alpha value is -0.570. The molecule has 0 aliphatic heterocycles. The van der Waals surface area contributed by atoms with Crippen LogP contribution in [0.4, 0.5) is 0 Å². The maximum atomic E-state index is 9.92. The predicted octanol–water partition coefficient (Wildman–Crippen LogP) is -0.135. The van der Waals surface area contributed by atoms with Crippen LogP contribution < -0.4 is 5.73 Å². The van der Waals surface area contributed by atoms with Crippen molar-refractivity contribution >= 4 is 5.91 Å². The second-order valence-electron chi connectivity index (χ2n) is 1.26. The van der Waals surface area contributed by atoms with E-state index in [0.29, 0.717) is 13.0 Å². The highest BCUT2D eigenvalue weighted by molar-refractivity contribution is 5.74. The Morgan fingerprint density at radius 1 is 1.86 bits per heavy atom. The fourth-order valence-electron chi connectivity index (χ4n) is 0.222. The molecule has 0 unspecified atom stereocenters. The summed E-state index contributed by atoms with van der Waals surface area (Å²) in [6, 6.07) is 0. The van der Waals surface area contributed by atoms with Gasteiger partial charge in [0.15, 0.2) is 0 Å². The summed E-state index contributed by atoms with van der Waals surface area (Å²) in [5.74, 6) is -0.286. The summed E-state index contributed by atoms with van der Waals surface area (Å²) in [5.41, 5.74) is 4.78. The van der Waals surface area contributed by atoms with Crippen molar-refractivity contribution in [3.05, 3.63) is 5.32 Å². The molecule has 0 aliphatic carbocycles. The van der Waals surface area contributed by atoms with Crippen molar-refractivity contribution in [3.8, 4) is 0 Å². The van der Waals surface area contributed by atoms with E-state index in [9.17, 15) is 4.79 Å². The van der Waals surface area contributed by atoms with Crippen LogP contribution in [0.1, 0.15) is 6.42 Å². The summed E-state index contributed by atoms with van der Waals surface area (Å²) in [6.07, 6.45) is 0.372. The number of amides is 1. The second-order valence-corrected chi connectivity index (χ2v) is 1.26. The summed E-state index contributed by atoms with van der Waals surface area (Å²) >= 11 is 0. The molecule has 0 spiro atoms. The van der Waals surface area contributed by atoms with Crippen molar-refractivity contribution in [2.75, 3.05) is 13.6 Å². The zero-order valence-corrected chi connectivity index (χ0v) is 4.35. The number of hydrogen-bond donors (Lipinski definition) is 1. The van der Waals surface area contributed by atoms with Gasteiger partial charge < -0.3 is 11.1 Å². The summed E-state index contributed by atoms with van der Waals surface area (Å²) < 4.78 is 0. The largest absolute Gasteiger partial charge is 0.665 e. The van der Waals surface area contributed by atoms with Crippen molar-refractivity contribution in [1.29, 1.82) is 0 Å². The van der Waals surface area contributed by atoms with Crippen molar-refractivity contribution in [2.45, 2.75) is 6.42 Å². The molecule has 0 aromatic rings. The van der Waals surface area contributed by atoms with Gasteiger partial charge in [0.2, 0.25) is 5.91 Å². The Kier molecular flexibility index (Phi) is 3.32. The highest BCUT2D eigenvalue weighted by Gasteiger charge is 1.81. The van der Waals surface area contributed by atoms with Crippen LogP contribution in [-0.2, 0) is 4.79 Å². The second kappa shape index (κ2) is 3.61. The number of primary amides is 1. The Balaban J connectivity index is 2.82. The molecule has 0 radical (unpaired) electrons. The third-order valence-corrected chi connectivity index (χ3v) is 0.582. The van der Waals surface area contributed by atoms with Crippen molar-refractivity contribution in [2.24, 2.45) is 5.73 Å². The number of rotatable bonds is 3. The lowest BCUT2D eigenvalue weighted by Gasteiger charge is -2.05. The minimum atomic E-state index is -0.286. The standard InChI is InChI=1S/C4H9N2O/c1-6-3-2-4(5)7/h2-3H2,1H3,(H2,5,7)/q-1. The zero-order chi connectivity index (χ0) is 5.70. The minimum Gasteiger partial charge on any atom is -0.665 e. The number of nitrogens with zero attached hydrogens (tertiary/aromatic N) is 1. The maximum absolute atomic E-state index is 9.92. The molecule has 2 N–H and O–H groups in total. The summed E-state index contributed by atoms with van der Waals surface area (Å²) in [7, 11) is 1.66. The van der Waals surface area contributed by atoms with E-state index in [1.54, 1.807) is 7.05 Å². The number of carbonyl (C=O) groups is 1.